The molecule has 0 saturated carbocycles. The van der Waals surface area contributed by atoms with Crippen molar-refractivity contribution in [2.45, 2.75) is 52.1 Å². The number of carbonyl (C=O) groups excluding carboxylic acids is 3. The van der Waals surface area contributed by atoms with E-state index < -0.39 is 12.0 Å². The van der Waals surface area contributed by atoms with Gasteiger partial charge in [-0.25, -0.2) is 4.79 Å². The molecule has 1 aliphatic rings. The molecule has 0 aliphatic carbocycles. The lowest BCUT2D eigenvalue weighted by molar-refractivity contribution is -0.152. The molecule has 1 aliphatic heterocycles. The van der Waals surface area contributed by atoms with Gasteiger partial charge < -0.3 is 15.0 Å². The Labute approximate surface area is 138 Å². The van der Waals surface area contributed by atoms with Crippen LogP contribution in [0.5, 0.6) is 0 Å². The van der Waals surface area contributed by atoms with Crippen molar-refractivity contribution in [3.05, 3.63) is 12.7 Å². The third-order valence-corrected chi connectivity index (χ3v) is 4.58. The molecule has 4 atom stereocenters. The molecule has 0 aromatic heterocycles. The van der Waals surface area contributed by atoms with E-state index in [1.54, 1.807) is 11.0 Å². The molecule has 1 unspecified atom stereocenters. The lowest BCUT2D eigenvalue weighted by Crippen LogP contribution is -2.49. The Kier molecular flexibility index (Phi) is 7.26. The van der Waals surface area contributed by atoms with Crippen LogP contribution in [-0.4, -0.2) is 48.4 Å². The molecule has 0 radical (unpaired) electrons. The van der Waals surface area contributed by atoms with E-state index in [4.69, 9.17) is 4.74 Å². The van der Waals surface area contributed by atoms with E-state index in [9.17, 15) is 14.4 Å². The summed E-state index contributed by atoms with van der Waals surface area (Å²) >= 11 is 0. The van der Waals surface area contributed by atoms with E-state index in [1.807, 2.05) is 13.8 Å². The number of carbonyl (C=O) groups is 3. The Balaban J connectivity index is 2.96. The van der Waals surface area contributed by atoms with Crippen molar-refractivity contribution in [3.8, 4) is 0 Å². The number of esters is 1. The molecule has 1 saturated heterocycles. The smallest absolute Gasteiger partial charge is 0.328 e. The normalized spacial score (nSPS) is 21.5. The largest absolute Gasteiger partial charge is 0.467 e. The van der Waals surface area contributed by atoms with Crippen LogP contribution >= 0.6 is 0 Å². The van der Waals surface area contributed by atoms with Gasteiger partial charge >= 0.3 is 5.97 Å². The van der Waals surface area contributed by atoms with E-state index >= 15 is 0 Å². The summed E-state index contributed by atoms with van der Waals surface area (Å²) in [5.74, 6) is -0.786. The molecule has 130 valence electrons. The summed E-state index contributed by atoms with van der Waals surface area (Å²) in [6, 6.07) is -0.845. The van der Waals surface area contributed by atoms with Gasteiger partial charge in [0.15, 0.2) is 0 Å². The number of nitrogens with zero attached hydrogens (tertiary/aromatic N) is 1. The molecule has 1 N–H and O–H groups in total. The topological polar surface area (TPSA) is 75.7 Å². The molecule has 1 rings (SSSR count). The Morgan fingerprint density at radius 2 is 2.17 bits per heavy atom. The van der Waals surface area contributed by atoms with Crippen molar-refractivity contribution in [1.29, 1.82) is 0 Å². The first-order valence-electron chi connectivity index (χ1n) is 8.13. The Morgan fingerprint density at radius 1 is 1.52 bits per heavy atom. The molecule has 23 heavy (non-hydrogen) atoms. The highest BCUT2D eigenvalue weighted by Crippen LogP contribution is 2.29. The predicted molar refractivity (Wildman–Crippen MR) is 87.5 cm³/mol. The van der Waals surface area contributed by atoms with Gasteiger partial charge in [0.05, 0.1) is 13.0 Å². The number of hydrogen-bond donors (Lipinski definition) is 1. The Morgan fingerprint density at radius 3 is 2.65 bits per heavy atom. The van der Waals surface area contributed by atoms with Crippen LogP contribution in [-0.2, 0) is 19.1 Å². The molecule has 6 nitrogen and oxygen atoms in total. The highest BCUT2D eigenvalue weighted by molar-refractivity contribution is 5.88. The van der Waals surface area contributed by atoms with Crippen molar-refractivity contribution >= 4 is 17.8 Å². The molecule has 0 spiro atoms. The summed E-state index contributed by atoms with van der Waals surface area (Å²) in [6.07, 6.45) is 3.46. The number of rotatable bonds is 8. The number of hydrogen-bond acceptors (Lipinski definition) is 4. The molecule has 6 heteroatoms. The van der Waals surface area contributed by atoms with Crippen molar-refractivity contribution in [2.75, 3.05) is 13.7 Å². The van der Waals surface area contributed by atoms with Gasteiger partial charge in [-0.15, -0.1) is 6.58 Å². The van der Waals surface area contributed by atoms with E-state index in [-0.39, 0.29) is 29.7 Å². The summed E-state index contributed by atoms with van der Waals surface area (Å²) in [5, 5.41) is 2.91. The van der Waals surface area contributed by atoms with Crippen molar-refractivity contribution < 1.29 is 19.1 Å². The van der Waals surface area contributed by atoms with Gasteiger partial charge in [-0.2, -0.15) is 0 Å². The molecular weight excluding hydrogens is 296 g/mol. The van der Waals surface area contributed by atoms with Crippen LogP contribution in [0.3, 0.4) is 0 Å². The number of ether oxygens (including phenoxy) is 1. The second kappa shape index (κ2) is 8.70. The molecule has 0 aromatic carbocycles. The van der Waals surface area contributed by atoms with Gasteiger partial charge in [0.25, 0.3) is 0 Å². The van der Waals surface area contributed by atoms with Crippen LogP contribution in [0.1, 0.15) is 40.0 Å². The van der Waals surface area contributed by atoms with Crippen molar-refractivity contribution in [3.63, 3.8) is 0 Å². The van der Waals surface area contributed by atoms with Gasteiger partial charge in [-0.05, 0) is 18.8 Å². The summed E-state index contributed by atoms with van der Waals surface area (Å²) in [5.41, 5.74) is 0. The maximum Gasteiger partial charge on any atom is 0.328 e. The number of nitrogens with one attached hydrogen (secondary N) is 1. The first kappa shape index (κ1) is 19.2. The van der Waals surface area contributed by atoms with Crippen LogP contribution in [0.2, 0.25) is 0 Å². The standard InChI is InChI=1S/C17H28N2O4/c1-6-8-14(17(22)23-5)19-10-9-13(16(19)21)15(11(3)7-2)18-12(4)20/h6,11,13-15H,1,7-10H2,2-5H3,(H,18,20)/t11-,13?,14-,15-/m0/s1. The van der Waals surface area contributed by atoms with E-state index in [1.165, 1.54) is 14.0 Å². The Hall–Kier alpha value is -1.85. The third-order valence-electron chi connectivity index (χ3n) is 4.58. The lowest BCUT2D eigenvalue weighted by atomic mass is 9.86. The van der Waals surface area contributed by atoms with Crippen LogP contribution in [0.15, 0.2) is 12.7 Å². The van der Waals surface area contributed by atoms with Crippen LogP contribution < -0.4 is 5.32 Å². The Bertz CT molecular complexity index is 464. The first-order chi connectivity index (χ1) is 10.9. The van der Waals surface area contributed by atoms with Crippen LogP contribution in [0.4, 0.5) is 0 Å². The van der Waals surface area contributed by atoms with Crippen LogP contribution in [0.25, 0.3) is 0 Å². The summed E-state index contributed by atoms with van der Waals surface area (Å²) in [7, 11) is 1.32. The minimum atomic E-state index is -0.634. The van der Waals surface area contributed by atoms with E-state index in [2.05, 4.69) is 11.9 Å². The zero-order valence-corrected chi connectivity index (χ0v) is 14.5. The second-order valence-electron chi connectivity index (χ2n) is 6.10. The second-order valence-corrected chi connectivity index (χ2v) is 6.10. The van der Waals surface area contributed by atoms with Gasteiger partial charge in [-0.3, -0.25) is 9.59 Å². The summed E-state index contributed by atoms with van der Waals surface area (Å²) in [4.78, 5) is 37.8. The fourth-order valence-corrected chi connectivity index (χ4v) is 3.14. The minimum absolute atomic E-state index is 0.0960. The highest BCUT2D eigenvalue weighted by atomic mass is 16.5. The molecule has 0 bridgehead atoms. The minimum Gasteiger partial charge on any atom is -0.467 e. The number of methoxy groups -OCH3 is 1. The number of amides is 2. The predicted octanol–water partition coefficient (Wildman–Crippen LogP) is 1.50. The van der Waals surface area contributed by atoms with E-state index in [0.717, 1.165) is 6.42 Å². The number of likely N-dealkylation sites (tertiary alicyclic amines) is 1. The lowest BCUT2D eigenvalue weighted by Gasteiger charge is -2.30. The van der Waals surface area contributed by atoms with Crippen molar-refractivity contribution in [1.82, 2.24) is 10.2 Å². The molecular formula is C17H28N2O4. The summed E-state index contributed by atoms with van der Waals surface area (Å²) in [6.45, 7) is 9.65. The first-order valence-corrected chi connectivity index (χ1v) is 8.13. The van der Waals surface area contributed by atoms with Gasteiger partial charge in [0.1, 0.15) is 6.04 Å². The quantitative estimate of drug-likeness (QED) is 0.542. The fraction of sp³-hybridized carbons (Fsp3) is 0.706. The third kappa shape index (κ3) is 4.56. The average molecular weight is 324 g/mol. The summed E-state index contributed by atoms with van der Waals surface area (Å²) < 4.78 is 4.80. The average Bonchev–Trinajstić information content (AvgIpc) is 2.89. The SMILES string of the molecule is C=CC[C@@H](C(=O)OC)N1CCC([C@@H](NC(C)=O)[C@@H](C)CC)C1=O. The zero-order valence-electron chi connectivity index (χ0n) is 14.5. The van der Waals surface area contributed by atoms with Crippen LogP contribution in [0, 0.1) is 11.8 Å². The molecule has 1 heterocycles. The molecule has 1 fully saturated rings. The van der Waals surface area contributed by atoms with Gasteiger partial charge in [-0.1, -0.05) is 26.3 Å². The van der Waals surface area contributed by atoms with Gasteiger partial charge in [0.2, 0.25) is 11.8 Å². The fourth-order valence-electron chi connectivity index (χ4n) is 3.14. The molecule has 0 aromatic rings. The van der Waals surface area contributed by atoms with E-state index in [0.29, 0.717) is 19.4 Å². The van der Waals surface area contributed by atoms with Gasteiger partial charge in [0, 0.05) is 19.5 Å². The maximum absolute atomic E-state index is 12.8. The zero-order chi connectivity index (χ0) is 17.6. The molecule has 2 amide bonds. The van der Waals surface area contributed by atoms with Crippen molar-refractivity contribution in [2.24, 2.45) is 11.8 Å². The highest BCUT2D eigenvalue weighted by Gasteiger charge is 2.43. The maximum atomic E-state index is 12.8. The monoisotopic (exact) mass is 324 g/mol.